The van der Waals surface area contributed by atoms with Crippen LogP contribution in [-0.2, 0) is 4.79 Å². The van der Waals surface area contributed by atoms with Gasteiger partial charge in [0.15, 0.2) is 0 Å². The van der Waals surface area contributed by atoms with Crippen LogP contribution in [0.1, 0.15) is 52.4 Å². The summed E-state index contributed by atoms with van der Waals surface area (Å²) in [5, 5.41) is 10.0. The molecule has 0 aromatic rings. The van der Waals surface area contributed by atoms with Crippen molar-refractivity contribution in [2.45, 2.75) is 64.5 Å². The first kappa shape index (κ1) is 18.8. The van der Waals surface area contributed by atoms with Crippen molar-refractivity contribution >= 4 is 5.91 Å². The van der Waals surface area contributed by atoms with Crippen molar-refractivity contribution in [3.05, 3.63) is 35.6 Å². The highest BCUT2D eigenvalue weighted by Gasteiger charge is 2.28. The van der Waals surface area contributed by atoms with E-state index < -0.39 is 0 Å². The maximum atomic E-state index is 12.3. The molecule has 4 nitrogen and oxygen atoms in total. The molecule has 0 spiro atoms. The van der Waals surface area contributed by atoms with Crippen molar-refractivity contribution in [2.75, 3.05) is 13.6 Å². The quantitative estimate of drug-likeness (QED) is 0.599. The highest BCUT2D eigenvalue weighted by Crippen LogP contribution is 2.23. The van der Waals surface area contributed by atoms with Crippen molar-refractivity contribution in [2.24, 2.45) is 5.92 Å². The zero-order valence-corrected chi connectivity index (χ0v) is 15.4. The van der Waals surface area contributed by atoms with E-state index in [1.54, 1.807) is 0 Å². The molecular weight excluding hydrogens is 298 g/mol. The van der Waals surface area contributed by atoms with Gasteiger partial charge in [-0.1, -0.05) is 50.5 Å². The Labute approximate surface area is 146 Å². The summed E-state index contributed by atoms with van der Waals surface area (Å²) in [6.07, 6.45) is 15.5. The Balaban J connectivity index is 2.03. The minimum Gasteiger partial charge on any atom is -0.384 e. The van der Waals surface area contributed by atoms with E-state index in [9.17, 15) is 4.79 Å². The molecule has 134 valence electrons. The van der Waals surface area contributed by atoms with Gasteiger partial charge in [-0.15, -0.1) is 0 Å². The Hall–Kier alpha value is -1.55. The van der Waals surface area contributed by atoms with Gasteiger partial charge in [0.2, 0.25) is 5.91 Å². The van der Waals surface area contributed by atoms with Crippen LogP contribution >= 0.6 is 0 Å². The van der Waals surface area contributed by atoms with Crippen LogP contribution in [0.4, 0.5) is 0 Å². The monoisotopic (exact) mass is 331 g/mol. The topological polar surface area (TPSA) is 53.2 Å². The Morgan fingerprint density at radius 3 is 2.67 bits per heavy atom. The molecule has 0 aromatic carbocycles. The molecule has 0 radical (unpaired) electrons. The molecular formula is C20H33N3O. The van der Waals surface area contributed by atoms with E-state index in [-0.39, 0.29) is 11.9 Å². The summed E-state index contributed by atoms with van der Waals surface area (Å²) in [4.78, 5) is 12.3. The van der Waals surface area contributed by atoms with Gasteiger partial charge >= 0.3 is 0 Å². The first-order valence-corrected chi connectivity index (χ1v) is 9.39. The van der Waals surface area contributed by atoms with E-state index in [2.05, 4.69) is 35.0 Å². The van der Waals surface area contributed by atoms with Gasteiger partial charge in [0, 0.05) is 23.4 Å². The highest BCUT2D eigenvalue weighted by molar-refractivity contribution is 5.96. The maximum Gasteiger partial charge on any atom is 0.249 e. The van der Waals surface area contributed by atoms with E-state index in [1.165, 1.54) is 32.1 Å². The van der Waals surface area contributed by atoms with Crippen LogP contribution in [-0.4, -0.2) is 31.6 Å². The van der Waals surface area contributed by atoms with Crippen LogP contribution in [0.15, 0.2) is 35.6 Å². The van der Waals surface area contributed by atoms with Crippen LogP contribution < -0.4 is 16.0 Å². The fraction of sp³-hybridized carbons (Fsp3) is 0.650. The van der Waals surface area contributed by atoms with E-state index in [4.69, 9.17) is 0 Å². The summed E-state index contributed by atoms with van der Waals surface area (Å²) in [6, 6.07) is 0.796. The third kappa shape index (κ3) is 5.23. The summed E-state index contributed by atoms with van der Waals surface area (Å²) < 4.78 is 0. The predicted molar refractivity (Wildman–Crippen MR) is 101 cm³/mol. The lowest BCUT2D eigenvalue weighted by Gasteiger charge is -2.26. The minimum absolute atomic E-state index is 0.0955. The molecule has 1 amide bonds. The molecule has 2 rings (SSSR count). The SMILES string of the molecule is C/C=C\C=C/C(C)C(CC1=C(NC2CCCCC2)CNC1=O)NC. The third-order valence-corrected chi connectivity index (χ3v) is 5.20. The molecule has 1 saturated carbocycles. The van der Waals surface area contributed by atoms with Gasteiger partial charge in [0.05, 0.1) is 6.54 Å². The molecule has 1 aliphatic heterocycles. The number of carbonyl (C=O) groups is 1. The fourth-order valence-electron chi connectivity index (χ4n) is 3.62. The van der Waals surface area contributed by atoms with Crippen LogP contribution in [0.25, 0.3) is 0 Å². The van der Waals surface area contributed by atoms with Gasteiger partial charge in [-0.2, -0.15) is 0 Å². The number of nitrogens with one attached hydrogen (secondary N) is 3. The number of hydrogen-bond donors (Lipinski definition) is 3. The molecule has 2 atom stereocenters. The van der Waals surface area contributed by atoms with E-state index >= 15 is 0 Å². The first-order valence-electron chi connectivity index (χ1n) is 9.39. The maximum absolute atomic E-state index is 12.3. The van der Waals surface area contributed by atoms with Crippen LogP contribution in [0, 0.1) is 5.92 Å². The van der Waals surface area contributed by atoms with Gasteiger partial charge < -0.3 is 16.0 Å². The summed E-state index contributed by atoms with van der Waals surface area (Å²) in [5.74, 6) is 0.459. The second-order valence-corrected chi connectivity index (χ2v) is 6.99. The Bertz CT molecular complexity index is 501. The summed E-state index contributed by atoms with van der Waals surface area (Å²) in [6.45, 7) is 4.87. The molecule has 0 saturated heterocycles. The van der Waals surface area contributed by atoms with E-state index in [1.807, 2.05) is 26.1 Å². The number of hydrogen-bond acceptors (Lipinski definition) is 3. The molecule has 1 fully saturated rings. The van der Waals surface area contributed by atoms with Crippen LogP contribution in [0.3, 0.4) is 0 Å². The lowest BCUT2D eigenvalue weighted by atomic mass is 9.92. The molecule has 24 heavy (non-hydrogen) atoms. The van der Waals surface area contributed by atoms with Gasteiger partial charge in [-0.3, -0.25) is 4.79 Å². The van der Waals surface area contributed by atoms with Crippen molar-refractivity contribution < 1.29 is 4.79 Å². The first-order chi connectivity index (χ1) is 11.7. The molecule has 0 aromatic heterocycles. The van der Waals surface area contributed by atoms with Crippen molar-refractivity contribution in [3.8, 4) is 0 Å². The second kappa shape index (κ2) is 9.67. The minimum atomic E-state index is 0.0955. The van der Waals surface area contributed by atoms with Crippen LogP contribution in [0.5, 0.6) is 0 Å². The number of amides is 1. The molecule has 3 N–H and O–H groups in total. The van der Waals surface area contributed by atoms with Crippen LogP contribution in [0.2, 0.25) is 0 Å². The lowest BCUT2D eigenvalue weighted by Crippen LogP contribution is -2.34. The average molecular weight is 332 g/mol. The summed E-state index contributed by atoms with van der Waals surface area (Å²) >= 11 is 0. The molecule has 1 heterocycles. The second-order valence-electron chi connectivity index (χ2n) is 6.99. The summed E-state index contributed by atoms with van der Waals surface area (Å²) in [7, 11) is 1.98. The zero-order valence-electron chi connectivity index (χ0n) is 15.4. The number of allylic oxidation sites excluding steroid dienone is 3. The Kier molecular flexibility index (Phi) is 7.57. The lowest BCUT2D eigenvalue weighted by molar-refractivity contribution is -0.116. The third-order valence-electron chi connectivity index (χ3n) is 5.20. The predicted octanol–water partition coefficient (Wildman–Crippen LogP) is 3.04. The molecule has 1 aliphatic carbocycles. The van der Waals surface area contributed by atoms with E-state index in [0.717, 1.165) is 17.7 Å². The van der Waals surface area contributed by atoms with Gasteiger partial charge in [0.1, 0.15) is 0 Å². The Morgan fingerprint density at radius 2 is 2.00 bits per heavy atom. The average Bonchev–Trinajstić information content (AvgIpc) is 2.93. The van der Waals surface area contributed by atoms with Gasteiger partial charge in [0.25, 0.3) is 0 Å². The van der Waals surface area contributed by atoms with Crippen molar-refractivity contribution in [1.29, 1.82) is 0 Å². The molecule has 4 heteroatoms. The van der Waals surface area contributed by atoms with E-state index in [0.29, 0.717) is 18.5 Å². The van der Waals surface area contributed by atoms with Crippen molar-refractivity contribution in [3.63, 3.8) is 0 Å². The summed E-state index contributed by atoms with van der Waals surface area (Å²) in [5.41, 5.74) is 2.06. The number of carbonyl (C=O) groups excluding carboxylic acids is 1. The Morgan fingerprint density at radius 1 is 1.25 bits per heavy atom. The molecule has 2 aliphatic rings. The van der Waals surface area contributed by atoms with Gasteiger partial charge in [-0.05, 0) is 39.2 Å². The standard InChI is InChI=1S/C20H33N3O/c1-4-5-7-10-15(2)18(21-3)13-17-19(14-22-20(17)24)23-16-11-8-6-9-12-16/h4-5,7,10,15-16,18,21,23H,6,8-9,11-14H2,1-3H3,(H,22,24)/b5-4-,10-7-. The largest absolute Gasteiger partial charge is 0.384 e. The smallest absolute Gasteiger partial charge is 0.249 e. The molecule has 2 unspecified atom stereocenters. The zero-order chi connectivity index (χ0) is 17.4. The number of rotatable bonds is 8. The fourth-order valence-corrected chi connectivity index (χ4v) is 3.62. The highest BCUT2D eigenvalue weighted by atomic mass is 16.2. The van der Waals surface area contributed by atoms with Gasteiger partial charge in [-0.25, -0.2) is 0 Å². The van der Waals surface area contributed by atoms with Crippen molar-refractivity contribution in [1.82, 2.24) is 16.0 Å². The normalized spacial score (nSPS) is 22.4. The molecule has 0 bridgehead atoms.